The molecule has 1 unspecified atom stereocenters. The summed E-state index contributed by atoms with van der Waals surface area (Å²) in [6, 6.07) is 12.7. The molecule has 1 atom stereocenters. The standard InChI is InChI=1S/C15H12BrNO4/c16-11-8-10(15(20)21)6-7-12(11)17-14(19)13(18)9-4-2-1-3-5-9/h1-8,13,18H,(H,17,19)(H,20,21). The second-order valence-corrected chi connectivity index (χ2v) is 5.16. The van der Waals surface area contributed by atoms with Gasteiger partial charge in [0.2, 0.25) is 0 Å². The Morgan fingerprint density at radius 3 is 2.33 bits per heavy atom. The summed E-state index contributed by atoms with van der Waals surface area (Å²) in [6.45, 7) is 0. The summed E-state index contributed by atoms with van der Waals surface area (Å²) in [7, 11) is 0. The van der Waals surface area contributed by atoms with Gasteiger partial charge in [-0.2, -0.15) is 0 Å². The van der Waals surface area contributed by atoms with Gasteiger partial charge in [-0.25, -0.2) is 4.79 Å². The second kappa shape index (κ2) is 6.51. The molecule has 1 amide bonds. The van der Waals surface area contributed by atoms with Crippen LogP contribution in [0.5, 0.6) is 0 Å². The van der Waals surface area contributed by atoms with Crippen LogP contribution < -0.4 is 5.32 Å². The molecule has 0 heterocycles. The van der Waals surface area contributed by atoms with Gasteiger partial charge in [-0.15, -0.1) is 0 Å². The maximum atomic E-state index is 12.0. The van der Waals surface area contributed by atoms with Crippen LogP contribution in [0.3, 0.4) is 0 Å². The lowest BCUT2D eigenvalue weighted by Gasteiger charge is -2.13. The monoisotopic (exact) mass is 349 g/mol. The lowest BCUT2D eigenvalue weighted by Crippen LogP contribution is -2.21. The third-order valence-corrected chi connectivity index (χ3v) is 3.49. The Morgan fingerprint density at radius 1 is 1.10 bits per heavy atom. The van der Waals surface area contributed by atoms with Gasteiger partial charge < -0.3 is 15.5 Å². The number of carboxylic acids is 1. The highest BCUT2D eigenvalue weighted by molar-refractivity contribution is 9.10. The quantitative estimate of drug-likeness (QED) is 0.791. The van der Waals surface area contributed by atoms with Gasteiger partial charge in [0.1, 0.15) is 0 Å². The third-order valence-electron chi connectivity index (χ3n) is 2.84. The van der Waals surface area contributed by atoms with E-state index >= 15 is 0 Å². The number of rotatable bonds is 4. The van der Waals surface area contributed by atoms with Crippen molar-refractivity contribution in [2.45, 2.75) is 6.10 Å². The number of hydrogen-bond donors (Lipinski definition) is 3. The fourth-order valence-corrected chi connectivity index (χ4v) is 2.22. The third kappa shape index (κ3) is 3.68. The van der Waals surface area contributed by atoms with Crippen molar-refractivity contribution < 1.29 is 19.8 Å². The van der Waals surface area contributed by atoms with Gasteiger partial charge in [0.25, 0.3) is 5.91 Å². The largest absolute Gasteiger partial charge is 0.478 e. The Morgan fingerprint density at radius 2 is 1.76 bits per heavy atom. The fourth-order valence-electron chi connectivity index (χ4n) is 1.74. The zero-order valence-corrected chi connectivity index (χ0v) is 12.4. The number of amides is 1. The van der Waals surface area contributed by atoms with E-state index in [1.807, 2.05) is 0 Å². The van der Waals surface area contributed by atoms with E-state index in [1.165, 1.54) is 18.2 Å². The highest BCUT2D eigenvalue weighted by Crippen LogP contribution is 2.25. The molecule has 0 saturated heterocycles. The van der Waals surface area contributed by atoms with Gasteiger partial charge in [-0.05, 0) is 39.7 Å². The van der Waals surface area contributed by atoms with Gasteiger partial charge in [0, 0.05) is 4.47 Å². The lowest BCUT2D eigenvalue weighted by atomic mass is 10.1. The minimum Gasteiger partial charge on any atom is -0.478 e. The van der Waals surface area contributed by atoms with Gasteiger partial charge >= 0.3 is 5.97 Å². The molecule has 0 aliphatic rings. The average Bonchev–Trinajstić information content (AvgIpc) is 2.49. The smallest absolute Gasteiger partial charge is 0.335 e. The molecule has 0 saturated carbocycles. The molecule has 2 rings (SSSR count). The van der Waals surface area contributed by atoms with E-state index in [0.717, 1.165) is 0 Å². The summed E-state index contributed by atoms with van der Waals surface area (Å²) < 4.78 is 0.427. The van der Waals surface area contributed by atoms with Crippen LogP contribution in [-0.4, -0.2) is 22.1 Å². The molecule has 0 fully saturated rings. The molecule has 6 heteroatoms. The first-order valence-electron chi connectivity index (χ1n) is 6.06. The lowest BCUT2D eigenvalue weighted by molar-refractivity contribution is -0.124. The first-order chi connectivity index (χ1) is 9.99. The van der Waals surface area contributed by atoms with E-state index in [-0.39, 0.29) is 5.56 Å². The topological polar surface area (TPSA) is 86.6 Å². The number of carbonyl (C=O) groups is 2. The molecule has 0 aromatic heterocycles. The number of aromatic carboxylic acids is 1. The van der Waals surface area contributed by atoms with Crippen molar-refractivity contribution in [3.8, 4) is 0 Å². The fraction of sp³-hybridized carbons (Fsp3) is 0.0667. The van der Waals surface area contributed by atoms with Crippen molar-refractivity contribution in [3.63, 3.8) is 0 Å². The van der Waals surface area contributed by atoms with Crippen molar-refractivity contribution in [3.05, 3.63) is 64.1 Å². The minimum atomic E-state index is -1.29. The molecule has 3 N–H and O–H groups in total. The van der Waals surface area contributed by atoms with Crippen LogP contribution >= 0.6 is 15.9 Å². The van der Waals surface area contributed by atoms with Gasteiger partial charge in [0.15, 0.2) is 6.10 Å². The maximum absolute atomic E-state index is 12.0. The number of aliphatic hydroxyl groups excluding tert-OH is 1. The first-order valence-corrected chi connectivity index (χ1v) is 6.85. The van der Waals surface area contributed by atoms with Gasteiger partial charge in [0.05, 0.1) is 11.3 Å². The Balaban J connectivity index is 2.15. The molecule has 0 aliphatic heterocycles. The number of hydrogen-bond acceptors (Lipinski definition) is 3. The molecule has 0 radical (unpaired) electrons. The number of aliphatic hydroxyl groups is 1. The van der Waals surface area contributed by atoms with E-state index in [2.05, 4.69) is 21.2 Å². The maximum Gasteiger partial charge on any atom is 0.335 e. The molecule has 108 valence electrons. The second-order valence-electron chi connectivity index (χ2n) is 4.30. The summed E-state index contributed by atoms with van der Waals surface area (Å²) in [5.41, 5.74) is 0.969. The van der Waals surface area contributed by atoms with Crippen LogP contribution in [0.15, 0.2) is 53.0 Å². The predicted octanol–water partition coefficient (Wildman–Crippen LogP) is 2.82. The molecular weight excluding hydrogens is 338 g/mol. The average molecular weight is 350 g/mol. The van der Waals surface area contributed by atoms with Crippen molar-refractivity contribution in [1.82, 2.24) is 0 Å². The van der Waals surface area contributed by atoms with E-state index in [1.54, 1.807) is 30.3 Å². The molecule has 2 aromatic rings. The van der Waals surface area contributed by atoms with Gasteiger partial charge in [-0.3, -0.25) is 4.79 Å². The van der Waals surface area contributed by atoms with E-state index in [0.29, 0.717) is 15.7 Å². The van der Waals surface area contributed by atoms with E-state index < -0.39 is 18.0 Å². The minimum absolute atomic E-state index is 0.100. The van der Waals surface area contributed by atoms with Crippen LogP contribution in [0.25, 0.3) is 0 Å². The summed E-state index contributed by atoms with van der Waals surface area (Å²) in [4.78, 5) is 22.8. The van der Waals surface area contributed by atoms with Crippen molar-refractivity contribution in [2.24, 2.45) is 0 Å². The zero-order chi connectivity index (χ0) is 15.4. The van der Waals surface area contributed by atoms with Gasteiger partial charge in [-0.1, -0.05) is 30.3 Å². The predicted molar refractivity (Wildman–Crippen MR) is 81.1 cm³/mol. The summed E-state index contributed by atoms with van der Waals surface area (Å²) in [5, 5.41) is 21.4. The Bertz CT molecular complexity index is 673. The van der Waals surface area contributed by atoms with Crippen LogP contribution in [0.4, 0.5) is 5.69 Å². The number of carboxylic acid groups (broad SMARTS) is 1. The van der Waals surface area contributed by atoms with Crippen molar-refractivity contribution in [1.29, 1.82) is 0 Å². The number of anilines is 1. The molecular formula is C15H12BrNO4. The van der Waals surface area contributed by atoms with Crippen molar-refractivity contribution >= 4 is 33.5 Å². The zero-order valence-electron chi connectivity index (χ0n) is 10.8. The van der Waals surface area contributed by atoms with Crippen LogP contribution in [0.2, 0.25) is 0 Å². The SMILES string of the molecule is O=C(O)c1ccc(NC(=O)C(O)c2ccccc2)c(Br)c1. The molecule has 0 bridgehead atoms. The first kappa shape index (κ1) is 15.2. The summed E-state index contributed by atoms with van der Waals surface area (Å²) in [5.74, 6) is -1.65. The highest BCUT2D eigenvalue weighted by Gasteiger charge is 2.18. The molecule has 0 spiro atoms. The Hall–Kier alpha value is -2.18. The number of carbonyl (C=O) groups excluding carboxylic acids is 1. The van der Waals surface area contributed by atoms with Crippen LogP contribution in [0, 0.1) is 0 Å². The molecule has 2 aromatic carbocycles. The molecule has 21 heavy (non-hydrogen) atoms. The highest BCUT2D eigenvalue weighted by atomic mass is 79.9. The number of benzene rings is 2. The van der Waals surface area contributed by atoms with E-state index in [4.69, 9.17) is 5.11 Å². The normalized spacial score (nSPS) is 11.7. The number of halogens is 1. The summed E-state index contributed by atoms with van der Waals surface area (Å²) in [6.07, 6.45) is -1.29. The molecule has 0 aliphatic carbocycles. The van der Waals surface area contributed by atoms with Crippen LogP contribution in [0.1, 0.15) is 22.0 Å². The van der Waals surface area contributed by atoms with Crippen LogP contribution in [-0.2, 0) is 4.79 Å². The summed E-state index contributed by atoms with van der Waals surface area (Å²) >= 11 is 3.19. The molecule has 5 nitrogen and oxygen atoms in total. The Labute approximate surface area is 129 Å². The Kier molecular flexibility index (Phi) is 4.72. The van der Waals surface area contributed by atoms with Crippen molar-refractivity contribution in [2.75, 3.05) is 5.32 Å². The van der Waals surface area contributed by atoms with E-state index in [9.17, 15) is 14.7 Å². The number of nitrogens with one attached hydrogen (secondary N) is 1.